The standard InChI is InChI=1S/C30H37N3O5S2/c1-6-19-31-30(35)23(3)32(20-24-9-13-26(38-4)14-10-24)29(34)21-33(25-11-7-22(2)8-12-25)40(36,37)28-17-15-27(39-5)16-18-28/h7-18,23H,6,19-21H2,1-5H3,(H,31,35). The maximum atomic E-state index is 13.9. The first-order valence-corrected chi connectivity index (χ1v) is 15.7. The fourth-order valence-electron chi connectivity index (χ4n) is 4.02. The summed E-state index contributed by atoms with van der Waals surface area (Å²) in [6.45, 7) is 5.62. The SMILES string of the molecule is CCCNC(=O)C(C)N(Cc1ccc(OC)cc1)C(=O)CN(c1ccc(C)cc1)S(=O)(=O)c1ccc(SC)cc1. The Labute approximate surface area is 241 Å². The summed E-state index contributed by atoms with van der Waals surface area (Å²) in [4.78, 5) is 29.3. The Morgan fingerprint density at radius 2 is 1.60 bits per heavy atom. The number of hydrogen-bond donors (Lipinski definition) is 1. The van der Waals surface area contributed by atoms with Crippen LogP contribution in [0.3, 0.4) is 0 Å². The molecule has 0 aliphatic carbocycles. The fraction of sp³-hybridized carbons (Fsp3) is 0.333. The average Bonchev–Trinajstić information content (AvgIpc) is 2.97. The van der Waals surface area contributed by atoms with Gasteiger partial charge in [-0.3, -0.25) is 13.9 Å². The average molecular weight is 584 g/mol. The van der Waals surface area contributed by atoms with Gasteiger partial charge in [-0.05, 0) is 80.6 Å². The number of carbonyl (C=O) groups excluding carboxylic acids is 2. The topological polar surface area (TPSA) is 96.0 Å². The van der Waals surface area contributed by atoms with Gasteiger partial charge in [-0.15, -0.1) is 11.8 Å². The van der Waals surface area contributed by atoms with Gasteiger partial charge in [0.25, 0.3) is 10.0 Å². The second kappa shape index (κ2) is 14.2. The number of nitrogens with one attached hydrogen (secondary N) is 1. The van der Waals surface area contributed by atoms with E-state index in [0.29, 0.717) is 18.0 Å². The van der Waals surface area contributed by atoms with Crippen molar-refractivity contribution >= 4 is 39.3 Å². The Balaban J connectivity index is 2.00. The van der Waals surface area contributed by atoms with Crippen molar-refractivity contribution in [2.45, 2.75) is 49.6 Å². The summed E-state index contributed by atoms with van der Waals surface area (Å²) >= 11 is 1.51. The minimum Gasteiger partial charge on any atom is -0.497 e. The number of anilines is 1. The van der Waals surface area contributed by atoms with Crippen LogP contribution in [0.15, 0.2) is 82.6 Å². The van der Waals surface area contributed by atoms with Crippen molar-refractivity contribution in [2.75, 3.05) is 30.8 Å². The van der Waals surface area contributed by atoms with E-state index in [1.165, 1.54) is 16.7 Å². The van der Waals surface area contributed by atoms with Crippen LogP contribution in [0.5, 0.6) is 5.75 Å². The van der Waals surface area contributed by atoms with Gasteiger partial charge in [0.05, 0.1) is 17.7 Å². The number of sulfonamides is 1. The molecule has 8 nitrogen and oxygen atoms in total. The highest BCUT2D eigenvalue weighted by molar-refractivity contribution is 7.98. The van der Waals surface area contributed by atoms with Crippen molar-refractivity contribution in [3.8, 4) is 5.75 Å². The first-order valence-electron chi connectivity index (χ1n) is 13.0. The lowest BCUT2D eigenvalue weighted by molar-refractivity contribution is -0.139. The maximum Gasteiger partial charge on any atom is 0.264 e. The minimum atomic E-state index is -4.10. The van der Waals surface area contributed by atoms with Crippen LogP contribution in [-0.4, -0.2) is 57.6 Å². The number of carbonyl (C=O) groups is 2. The summed E-state index contributed by atoms with van der Waals surface area (Å²) in [5.41, 5.74) is 2.10. The van der Waals surface area contributed by atoms with E-state index < -0.39 is 28.5 Å². The summed E-state index contributed by atoms with van der Waals surface area (Å²) in [7, 11) is -2.53. The fourth-order valence-corrected chi connectivity index (χ4v) is 5.84. The second-order valence-electron chi connectivity index (χ2n) is 9.36. The number of hydrogen-bond acceptors (Lipinski definition) is 6. The smallest absolute Gasteiger partial charge is 0.264 e. The molecule has 3 aromatic carbocycles. The number of thioether (sulfide) groups is 1. The predicted molar refractivity (Wildman–Crippen MR) is 160 cm³/mol. The molecule has 0 bridgehead atoms. The zero-order valence-corrected chi connectivity index (χ0v) is 25.2. The van der Waals surface area contributed by atoms with Crippen molar-refractivity contribution < 1.29 is 22.7 Å². The summed E-state index contributed by atoms with van der Waals surface area (Å²) in [6.07, 6.45) is 2.66. The van der Waals surface area contributed by atoms with E-state index in [4.69, 9.17) is 4.74 Å². The van der Waals surface area contributed by atoms with Crippen LogP contribution in [0, 0.1) is 6.92 Å². The van der Waals surface area contributed by atoms with E-state index in [1.54, 1.807) is 74.7 Å². The normalized spacial score (nSPS) is 11.9. The first-order chi connectivity index (χ1) is 19.1. The lowest BCUT2D eigenvalue weighted by atomic mass is 10.1. The molecular formula is C30H37N3O5S2. The van der Waals surface area contributed by atoms with E-state index in [0.717, 1.165) is 26.7 Å². The second-order valence-corrected chi connectivity index (χ2v) is 12.1. The molecule has 2 amide bonds. The van der Waals surface area contributed by atoms with Gasteiger partial charge >= 0.3 is 0 Å². The molecule has 3 rings (SSSR count). The van der Waals surface area contributed by atoms with Gasteiger partial charge in [0.2, 0.25) is 11.8 Å². The Hall–Kier alpha value is -3.50. The van der Waals surface area contributed by atoms with E-state index in [9.17, 15) is 18.0 Å². The van der Waals surface area contributed by atoms with Crippen LogP contribution in [0.4, 0.5) is 5.69 Å². The zero-order chi connectivity index (χ0) is 29.3. The molecule has 0 aliphatic rings. The molecule has 3 aromatic rings. The third-order valence-electron chi connectivity index (χ3n) is 6.48. The molecule has 0 aromatic heterocycles. The highest BCUT2D eigenvalue weighted by atomic mass is 32.2. The van der Waals surface area contributed by atoms with Gasteiger partial charge in [0.15, 0.2) is 0 Å². The van der Waals surface area contributed by atoms with Gasteiger partial charge < -0.3 is 15.0 Å². The highest BCUT2D eigenvalue weighted by Gasteiger charge is 2.32. The number of aryl methyl sites for hydroxylation is 1. The number of rotatable bonds is 13. The van der Waals surface area contributed by atoms with Gasteiger partial charge in [0, 0.05) is 18.0 Å². The van der Waals surface area contributed by atoms with Crippen LogP contribution in [-0.2, 0) is 26.2 Å². The monoisotopic (exact) mass is 583 g/mol. The van der Waals surface area contributed by atoms with Gasteiger partial charge in [-0.25, -0.2) is 8.42 Å². The summed E-state index contributed by atoms with van der Waals surface area (Å²) in [6, 6.07) is 19.9. The van der Waals surface area contributed by atoms with Gasteiger partial charge in [-0.2, -0.15) is 0 Å². The van der Waals surface area contributed by atoms with Crippen molar-refractivity contribution in [3.63, 3.8) is 0 Å². The molecule has 0 heterocycles. The predicted octanol–water partition coefficient (Wildman–Crippen LogP) is 4.86. The molecule has 1 N–H and O–H groups in total. The van der Waals surface area contributed by atoms with Crippen molar-refractivity contribution in [1.29, 1.82) is 0 Å². The van der Waals surface area contributed by atoms with E-state index in [-0.39, 0.29) is 17.3 Å². The third-order valence-corrected chi connectivity index (χ3v) is 9.01. The molecule has 1 unspecified atom stereocenters. The van der Waals surface area contributed by atoms with E-state index >= 15 is 0 Å². The van der Waals surface area contributed by atoms with Crippen LogP contribution < -0.4 is 14.4 Å². The van der Waals surface area contributed by atoms with Crippen LogP contribution in [0.2, 0.25) is 0 Å². The highest BCUT2D eigenvalue weighted by Crippen LogP contribution is 2.26. The number of nitrogens with zero attached hydrogens (tertiary/aromatic N) is 2. The Bertz CT molecular complexity index is 1380. The third kappa shape index (κ3) is 7.79. The Morgan fingerprint density at radius 3 is 2.15 bits per heavy atom. The van der Waals surface area contributed by atoms with Crippen LogP contribution in [0.1, 0.15) is 31.4 Å². The molecule has 0 fully saturated rings. The lowest BCUT2D eigenvalue weighted by Crippen LogP contribution is -2.51. The van der Waals surface area contributed by atoms with E-state index in [1.807, 2.05) is 32.2 Å². The van der Waals surface area contributed by atoms with Gasteiger partial charge in [-0.1, -0.05) is 36.8 Å². The van der Waals surface area contributed by atoms with Crippen molar-refractivity contribution in [2.24, 2.45) is 0 Å². The Kier molecular flexibility index (Phi) is 11.0. The largest absolute Gasteiger partial charge is 0.497 e. The molecule has 0 aliphatic heterocycles. The summed E-state index contributed by atoms with van der Waals surface area (Å²) < 4.78 is 34.2. The van der Waals surface area contributed by atoms with Gasteiger partial charge in [0.1, 0.15) is 18.3 Å². The molecular weight excluding hydrogens is 546 g/mol. The summed E-state index contributed by atoms with van der Waals surface area (Å²) in [5.74, 6) is -0.138. The Morgan fingerprint density at radius 1 is 0.975 bits per heavy atom. The number of methoxy groups -OCH3 is 1. The number of ether oxygens (including phenoxy) is 1. The maximum absolute atomic E-state index is 13.9. The molecule has 0 radical (unpaired) electrons. The summed E-state index contributed by atoms with van der Waals surface area (Å²) in [5, 5.41) is 2.84. The van der Waals surface area contributed by atoms with Crippen LogP contribution in [0.25, 0.3) is 0 Å². The molecule has 214 valence electrons. The number of amides is 2. The molecule has 0 saturated carbocycles. The first kappa shape index (κ1) is 31.0. The lowest BCUT2D eigenvalue weighted by Gasteiger charge is -2.32. The molecule has 0 saturated heterocycles. The molecule has 1 atom stereocenters. The number of benzene rings is 3. The minimum absolute atomic E-state index is 0.0779. The van der Waals surface area contributed by atoms with E-state index in [2.05, 4.69) is 5.32 Å². The van der Waals surface area contributed by atoms with Crippen LogP contribution >= 0.6 is 11.8 Å². The molecule has 10 heteroatoms. The van der Waals surface area contributed by atoms with Crippen molar-refractivity contribution in [3.05, 3.63) is 83.9 Å². The molecule has 40 heavy (non-hydrogen) atoms. The zero-order valence-electron chi connectivity index (χ0n) is 23.6. The molecule has 0 spiro atoms. The van der Waals surface area contributed by atoms with Crippen molar-refractivity contribution in [1.82, 2.24) is 10.2 Å². The quantitative estimate of drug-likeness (QED) is 0.289.